The molecule has 0 spiro atoms. The summed E-state index contributed by atoms with van der Waals surface area (Å²) in [7, 11) is -0.653. The van der Waals surface area contributed by atoms with Crippen molar-refractivity contribution in [3.8, 4) is 0 Å². The van der Waals surface area contributed by atoms with Crippen molar-refractivity contribution in [1.82, 2.24) is 5.32 Å². The van der Waals surface area contributed by atoms with Gasteiger partial charge in [-0.1, -0.05) is 13.8 Å². The van der Waals surface area contributed by atoms with Crippen molar-refractivity contribution >= 4 is 33.9 Å². The molecule has 0 amide bonds. The highest BCUT2D eigenvalue weighted by atomic mass is 32.2. The van der Waals surface area contributed by atoms with E-state index < -0.39 is 10.8 Å². The Hall–Kier alpha value is 0.160. The van der Waals surface area contributed by atoms with Gasteiger partial charge >= 0.3 is 0 Å². The Kier molecular flexibility index (Phi) is 5.09. The molecule has 1 aromatic heterocycles. The lowest BCUT2D eigenvalue weighted by atomic mass is 10.1. The van der Waals surface area contributed by atoms with Crippen molar-refractivity contribution in [3.05, 3.63) is 17.0 Å². The van der Waals surface area contributed by atoms with E-state index >= 15 is 0 Å². The fraction of sp³-hybridized carbons (Fsp3) is 0.667. The highest BCUT2D eigenvalue weighted by Crippen LogP contribution is 2.43. The summed E-state index contributed by atoms with van der Waals surface area (Å²) in [6, 6.07) is 2.69. The van der Waals surface area contributed by atoms with E-state index in [-0.39, 0.29) is 0 Å². The predicted molar refractivity (Wildman–Crippen MR) is 78.5 cm³/mol. The second kappa shape index (κ2) is 6.36. The normalized spacial score (nSPS) is 25.5. The molecule has 1 aliphatic rings. The molecule has 0 fully saturated rings. The van der Waals surface area contributed by atoms with Gasteiger partial charge in [-0.25, -0.2) is 0 Å². The molecular formula is C12H19NOS3. The van der Waals surface area contributed by atoms with Gasteiger partial charge in [0.1, 0.15) is 0 Å². The maximum atomic E-state index is 11.4. The molecule has 0 aliphatic carbocycles. The molecule has 5 heteroatoms. The van der Waals surface area contributed by atoms with E-state index in [1.165, 1.54) is 16.2 Å². The number of thioether (sulfide) groups is 1. The molecule has 2 heterocycles. The molecule has 2 rings (SSSR count). The first-order valence-corrected chi connectivity index (χ1v) is 9.27. The molecule has 17 heavy (non-hydrogen) atoms. The molecule has 0 bridgehead atoms. The third-order valence-corrected chi connectivity index (χ3v) is 6.60. The zero-order chi connectivity index (χ0) is 12.3. The van der Waals surface area contributed by atoms with E-state index in [2.05, 4.69) is 23.7 Å². The van der Waals surface area contributed by atoms with E-state index in [9.17, 15) is 4.21 Å². The summed E-state index contributed by atoms with van der Waals surface area (Å²) in [4.78, 5) is 0. The number of hydrogen-bond donors (Lipinski definition) is 1. The van der Waals surface area contributed by atoms with Gasteiger partial charge in [0.15, 0.2) is 0 Å². The van der Waals surface area contributed by atoms with Crippen LogP contribution in [-0.2, 0) is 10.8 Å². The lowest BCUT2D eigenvalue weighted by Gasteiger charge is -2.27. The number of rotatable bonds is 5. The Labute approximate surface area is 114 Å². The maximum Gasteiger partial charge on any atom is 0.0649 e. The summed E-state index contributed by atoms with van der Waals surface area (Å²) in [6.45, 7) is 5.12. The van der Waals surface area contributed by atoms with Crippen LogP contribution in [0.1, 0.15) is 31.9 Å². The average molecular weight is 289 g/mol. The molecule has 0 radical (unpaired) electrons. The van der Waals surface area contributed by atoms with Gasteiger partial charge in [0, 0.05) is 40.1 Å². The van der Waals surface area contributed by atoms with Gasteiger partial charge in [-0.3, -0.25) is 4.21 Å². The molecular weight excluding hydrogens is 270 g/mol. The van der Waals surface area contributed by atoms with Gasteiger partial charge in [-0.15, -0.1) is 23.1 Å². The lowest BCUT2D eigenvalue weighted by Crippen LogP contribution is -2.29. The highest BCUT2D eigenvalue weighted by Gasteiger charge is 2.25. The number of fused-ring (bicyclic) bond motifs is 1. The molecule has 0 aromatic carbocycles. The van der Waals surface area contributed by atoms with Crippen molar-refractivity contribution in [1.29, 1.82) is 0 Å². The summed E-state index contributed by atoms with van der Waals surface area (Å²) in [5, 5.41) is 6.41. The summed E-state index contributed by atoms with van der Waals surface area (Å²) >= 11 is 3.83. The van der Waals surface area contributed by atoms with Crippen LogP contribution in [0.2, 0.25) is 0 Å². The molecule has 1 aliphatic heterocycles. The number of nitrogens with one attached hydrogen (secondary N) is 1. The van der Waals surface area contributed by atoms with E-state index in [1.807, 2.05) is 30.0 Å². The molecule has 1 N–H and O–H groups in total. The molecule has 0 saturated carbocycles. The smallest absolute Gasteiger partial charge is 0.0649 e. The fourth-order valence-electron chi connectivity index (χ4n) is 2.03. The molecule has 0 saturated heterocycles. The minimum atomic E-state index is -0.653. The first-order valence-electron chi connectivity index (χ1n) is 6.03. The average Bonchev–Trinajstić information content (AvgIpc) is 2.76. The van der Waals surface area contributed by atoms with Crippen molar-refractivity contribution in [2.24, 2.45) is 0 Å². The zero-order valence-corrected chi connectivity index (χ0v) is 12.7. The van der Waals surface area contributed by atoms with Gasteiger partial charge < -0.3 is 5.32 Å². The van der Waals surface area contributed by atoms with Crippen molar-refractivity contribution in [2.45, 2.75) is 35.8 Å². The molecule has 1 aromatic rings. The second-order valence-corrected chi connectivity index (χ2v) is 8.76. The first kappa shape index (κ1) is 13.6. The first-order chi connectivity index (χ1) is 8.20. The molecule has 2 unspecified atom stereocenters. The minimum Gasteiger partial charge on any atom is -0.309 e. The zero-order valence-electron chi connectivity index (χ0n) is 10.3. The molecule has 2 nitrogen and oxygen atoms in total. The topological polar surface area (TPSA) is 29.1 Å². The van der Waals surface area contributed by atoms with Crippen molar-refractivity contribution < 1.29 is 4.21 Å². The van der Waals surface area contributed by atoms with E-state index in [4.69, 9.17) is 0 Å². The lowest BCUT2D eigenvalue weighted by molar-refractivity contribution is 0.504. The maximum absolute atomic E-state index is 11.4. The number of hydrogen-bond acceptors (Lipinski definition) is 4. The van der Waals surface area contributed by atoms with E-state index in [0.29, 0.717) is 11.3 Å². The van der Waals surface area contributed by atoms with Crippen molar-refractivity contribution in [3.63, 3.8) is 0 Å². The van der Waals surface area contributed by atoms with Crippen LogP contribution in [0.4, 0.5) is 0 Å². The Morgan fingerprint density at radius 3 is 3.18 bits per heavy atom. The third kappa shape index (κ3) is 3.56. The van der Waals surface area contributed by atoms with Gasteiger partial charge in [0.05, 0.1) is 4.21 Å². The Morgan fingerprint density at radius 1 is 1.59 bits per heavy atom. The van der Waals surface area contributed by atoms with Crippen LogP contribution in [0, 0.1) is 0 Å². The summed E-state index contributed by atoms with van der Waals surface area (Å²) < 4.78 is 12.8. The van der Waals surface area contributed by atoms with Gasteiger partial charge in [-0.2, -0.15) is 0 Å². The Balaban J connectivity index is 1.91. The predicted octanol–water partition coefficient (Wildman–Crippen LogP) is 3.03. The second-order valence-electron chi connectivity index (χ2n) is 4.27. The van der Waals surface area contributed by atoms with E-state index in [1.54, 1.807) is 0 Å². The monoisotopic (exact) mass is 289 g/mol. The summed E-state index contributed by atoms with van der Waals surface area (Å²) in [5.41, 5.74) is 1.44. The Bertz CT molecular complexity index is 391. The SMILES string of the molecule is CCS(=O)CCNC1C[C@H](C)Sc2sccc21. The molecule has 3 atom stereocenters. The number of thiophene rings is 1. The van der Waals surface area contributed by atoms with Crippen LogP contribution < -0.4 is 5.32 Å². The third-order valence-electron chi connectivity index (χ3n) is 2.95. The summed E-state index contributed by atoms with van der Waals surface area (Å²) in [5.74, 6) is 1.54. The minimum absolute atomic E-state index is 0.460. The largest absolute Gasteiger partial charge is 0.309 e. The van der Waals surface area contributed by atoms with Gasteiger partial charge in [0.2, 0.25) is 0 Å². The Morgan fingerprint density at radius 2 is 2.41 bits per heavy atom. The van der Waals surface area contributed by atoms with Crippen LogP contribution in [0.15, 0.2) is 15.7 Å². The van der Waals surface area contributed by atoms with E-state index in [0.717, 1.165) is 18.1 Å². The quantitative estimate of drug-likeness (QED) is 0.903. The highest BCUT2D eigenvalue weighted by molar-refractivity contribution is 8.01. The van der Waals surface area contributed by atoms with Crippen LogP contribution >= 0.6 is 23.1 Å². The van der Waals surface area contributed by atoms with Crippen LogP contribution in [0.25, 0.3) is 0 Å². The van der Waals surface area contributed by atoms with Crippen LogP contribution in [-0.4, -0.2) is 27.5 Å². The fourth-order valence-corrected chi connectivity index (χ4v) is 5.23. The van der Waals surface area contributed by atoms with Crippen molar-refractivity contribution in [2.75, 3.05) is 18.1 Å². The molecule has 96 valence electrons. The standard InChI is InChI=1S/C12H19NOS3/c1-3-17(14)7-5-13-11-8-9(2)16-12-10(11)4-6-15-12/h4,6,9,11,13H,3,5,7-8H2,1-2H3/t9-,11?,17?/m0/s1. The van der Waals surface area contributed by atoms with Gasteiger partial charge in [-0.05, 0) is 23.4 Å². The van der Waals surface area contributed by atoms with Crippen LogP contribution in [0.5, 0.6) is 0 Å². The summed E-state index contributed by atoms with van der Waals surface area (Å²) in [6.07, 6.45) is 1.17. The van der Waals surface area contributed by atoms with Gasteiger partial charge in [0.25, 0.3) is 0 Å². The van der Waals surface area contributed by atoms with Crippen LogP contribution in [0.3, 0.4) is 0 Å².